The van der Waals surface area contributed by atoms with Crippen molar-refractivity contribution in [3.63, 3.8) is 0 Å². The second-order valence-corrected chi connectivity index (χ2v) is 4.41. The van der Waals surface area contributed by atoms with Crippen LogP contribution in [-0.2, 0) is 0 Å². The lowest BCUT2D eigenvalue weighted by Crippen LogP contribution is -2.22. The van der Waals surface area contributed by atoms with Crippen molar-refractivity contribution in [2.75, 3.05) is 6.26 Å². The van der Waals surface area contributed by atoms with E-state index in [1.807, 2.05) is 11.8 Å². The van der Waals surface area contributed by atoms with Gasteiger partial charge in [-0.05, 0) is 25.7 Å². The number of nitrogens with two attached hydrogens (primary N) is 1. The van der Waals surface area contributed by atoms with Crippen molar-refractivity contribution in [1.29, 1.82) is 0 Å². The largest absolute Gasteiger partial charge is 0.327 e. The van der Waals surface area contributed by atoms with Gasteiger partial charge in [-0.3, -0.25) is 0 Å². The monoisotopic (exact) mass is 195 g/mol. The van der Waals surface area contributed by atoms with E-state index in [-0.39, 0.29) is 6.04 Å². The van der Waals surface area contributed by atoms with Crippen molar-refractivity contribution < 1.29 is 0 Å². The Morgan fingerprint density at radius 2 is 1.77 bits per heavy atom. The van der Waals surface area contributed by atoms with E-state index in [1.165, 1.54) is 11.1 Å². The Bertz CT molecular complexity index is 253. The maximum absolute atomic E-state index is 5.90. The Morgan fingerprint density at radius 1 is 1.23 bits per heavy atom. The fourth-order valence-corrected chi connectivity index (χ4v) is 2.27. The Morgan fingerprint density at radius 3 is 2.15 bits per heavy atom. The number of thioether (sulfide) groups is 1. The quantitative estimate of drug-likeness (QED) is 0.802. The molecule has 13 heavy (non-hydrogen) atoms. The zero-order chi connectivity index (χ0) is 9.84. The second kappa shape index (κ2) is 4.68. The summed E-state index contributed by atoms with van der Waals surface area (Å²) in [6.45, 7) is 4.16. The van der Waals surface area contributed by atoms with Crippen LogP contribution in [0.2, 0.25) is 0 Å². The van der Waals surface area contributed by atoms with E-state index in [1.54, 1.807) is 0 Å². The van der Waals surface area contributed by atoms with Crippen LogP contribution in [0.15, 0.2) is 24.3 Å². The molecule has 0 spiro atoms. The molecule has 0 aliphatic rings. The van der Waals surface area contributed by atoms with Crippen molar-refractivity contribution in [3.8, 4) is 0 Å². The van der Waals surface area contributed by atoms with Crippen molar-refractivity contribution in [1.82, 2.24) is 0 Å². The smallest absolute Gasteiger partial charge is 0.0442 e. The molecule has 0 aromatic heterocycles. The molecule has 1 rings (SSSR count). The van der Waals surface area contributed by atoms with Gasteiger partial charge in [-0.1, -0.05) is 29.8 Å². The minimum Gasteiger partial charge on any atom is -0.327 e. The fraction of sp³-hybridized carbons (Fsp3) is 0.455. The van der Waals surface area contributed by atoms with Crippen LogP contribution in [0.5, 0.6) is 0 Å². The molecule has 0 amide bonds. The summed E-state index contributed by atoms with van der Waals surface area (Å²) < 4.78 is 0. The van der Waals surface area contributed by atoms with Gasteiger partial charge in [0.05, 0.1) is 0 Å². The van der Waals surface area contributed by atoms with Crippen LogP contribution < -0.4 is 5.73 Å². The SMILES string of the molecule is CSC(c1ccc(C)cc1)C(C)N. The van der Waals surface area contributed by atoms with Crippen LogP contribution in [0.25, 0.3) is 0 Å². The number of hydrogen-bond acceptors (Lipinski definition) is 2. The summed E-state index contributed by atoms with van der Waals surface area (Å²) in [5, 5.41) is 0.417. The zero-order valence-electron chi connectivity index (χ0n) is 8.45. The molecule has 0 fully saturated rings. The van der Waals surface area contributed by atoms with Gasteiger partial charge in [-0.25, -0.2) is 0 Å². The van der Waals surface area contributed by atoms with Gasteiger partial charge in [0.25, 0.3) is 0 Å². The summed E-state index contributed by atoms with van der Waals surface area (Å²) >= 11 is 1.81. The van der Waals surface area contributed by atoms with Crippen LogP contribution >= 0.6 is 11.8 Å². The summed E-state index contributed by atoms with van der Waals surface area (Å²) in [7, 11) is 0. The van der Waals surface area contributed by atoms with Gasteiger partial charge in [0.1, 0.15) is 0 Å². The van der Waals surface area contributed by atoms with E-state index < -0.39 is 0 Å². The van der Waals surface area contributed by atoms with Crippen molar-refractivity contribution in [2.45, 2.75) is 25.1 Å². The highest BCUT2D eigenvalue weighted by atomic mass is 32.2. The van der Waals surface area contributed by atoms with E-state index in [0.717, 1.165) is 0 Å². The van der Waals surface area contributed by atoms with E-state index in [9.17, 15) is 0 Å². The lowest BCUT2D eigenvalue weighted by Gasteiger charge is -2.18. The Hall–Kier alpha value is -0.470. The number of rotatable bonds is 3. The van der Waals surface area contributed by atoms with E-state index in [2.05, 4.69) is 44.4 Å². The number of aryl methyl sites for hydroxylation is 1. The third-order valence-corrected chi connectivity index (χ3v) is 3.35. The van der Waals surface area contributed by atoms with Crippen molar-refractivity contribution in [3.05, 3.63) is 35.4 Å². The van der Waals surface area contributed by atoms with E-state index in [4.69, 9.17) is 5.73 Å². The topological polar surface area (TPSA) is 26.0 Å². The molecule has 2 N–H and O–H groups in total. The minimum absolute atomic E-state index is 0.206. The normalized spacial score (nSPS) is 15.4. The molecule has 1 aromatic carbocycles. The summed E-state index contributed by atoms with van der Waals surface area (Å²) in [6, 6.07) is 8.82. The Balaban J connectivity index is 2.86. The zero-order valence-corrected chi connectivity index (χ0v) is 9.27. The third kappa shape index (κ3) is 2.75. The first kappa shape index (κ1) is 10.6. The van der Waals surface area contributed by atoms with Gasteiger partial charge in [0.2, 0.25) is 0 Å². The summed E-state index contributed by atoms with van der Waals surface area (Å²) in [6.07, 6.45) is 2.11. The van der Waals surface area contributed by atoms with Gasteiger partial charge in [0, 0.05) is 11.3 Å². The van der Waals surface area contributed by atoms with Crippen LogP contribution in [0.1, 0.15) is 23.3 Å². The molecular weight excluding hydrogens is 178 g/mol. The molecule has 72 valence electrons. The van der Waals surface area contributed by atoms with Crippen molar-refractivity contribution in [2.24, 2.45) is 5.73 Å². The lowest BCUT2D eigenvalue weighted by molar-refractivity contribution is 0.722. The Labute approximate surface area is 84.7 Å². The number of benzene rings is 1. The van der Waals surface area contributed by atoms with Crippen LogP contribution in [-0.4, -0.2) is 12.3 Å². The summed E-state index contributed by atoms with van der Waals surface area (Å²) in [5.74, 6) is 0. The standard InChI is InChI=1S/C11H17NS/c1-8-4-6-10(7-5-8)11(13-3)9(2)12/h4-7,9,11H,12H2,1-3H3. The van der Waals surface area contributed by atoms with Crippen LogP contribution in [0.4, 0.5) is 0 Å². The fourth-order valence-electron chi connectivity index (χ4n) is 1.41. The average molecular weight is 195 g/mol. The van der Waals surface area contributed by atoms with E-state index >= 15 is 0 Å². The van der Waals surface area contributed by atoms with Gasteiger partial charge in [-0.2, -0.15) is 11.8 Å². The minimum atomic E-state index is 0.206. The second-order valence-electron chi connectivity index (χ2n) is 3.43. The highest BCUT2D eigenvalue weighted by Gasteiger charge is 2.13. The summed E-state index contributed by atoms with van der Waals surface area (Å²) in [4.78, 5) is 0. The highest BCUT2D eigenvalue weighted by Crippen LogP contribution is 2.28. The highest BCUT2D eigenvalue weighted by molar-refractivity contribution is 7.98. The molecular formula is C11H17NS. The van der Waals surface area contributed by atoms with Crippen LogP contribution in [0, 0.1) is 6.92 Å². The van der Waals surface area contributed by atoms with Crippen LogP contribution in [0.3, 0.4) is 0 Å². The molecule has 0 heterocycles. The maximum Gasteiger partial charge on any atom is 0.0442 e. The molecule has 0 bridgehead atoms. The van der Waals surface area contributed by atoms with Gasteiger partial charge in [-0.15, -0.1) is 0 Å². The molecule has 0 aliphatic heterocycles. The predicted octanol–water partition coefficient (Wildman–Crippen LogP) is 2.75. The Kier molecular flexibility index (Phi) is 3.82. The summed E-state index contributed by atoms with van der Waals surface area (Å²) in [5.41, 5.74) is 8.52. The van der Waals surface area contributed by atoms with Gasteiger partial charge >= 0.3 is 0 Å². The third-order valence-electron chi connectivity index (χ3n) is 2.14. The first-order valence-corrected chi connectivity index (χ1v) is 5.79. The maximum atomic E-state index is 5.90. The van der Waals surface area contributed by atoms with Gasteiger partial charge in [0.15, 0.2) is 0 Å². The number of hydrogen-bond donors (Lipinski definition) is 1. The molecule has 2 atom stereocenters. The van der Waals surface area contributed by atoms with E-state index in [0.29, 0.717) is 5.25 Å². The average Bonchev–Trinajstić information content (AvgIpc) is 2.09. The first-order valence-electron chi connectivity index (χ1n) is 4.50. The molecule has 2 heteroatoms. The molecule has 0 saturated carbocycles. The van der Waals surface area contributed by atoms with Gasteiger partial charge < -0.3 is 5.73 Å². The molecule has 0 radical (unpaired) electrons. The molecule has 0 aliphatic carbocycles. The van der Waals surface area contributed by atoms with Crippen molar-refractivity contribution >= 4 is 11.8 Å². The lowest BCUT2D eigenvalue weighted by atomic mass is 10.1. The first-order chi connectivity index (χ1) is 6.15. The predicted molar refractivity (Wildman–Crippen MR) is 61.1 cm³/mol. The molecule has 2 unspecified atom stereocenters. The molecule has 1 nitrogen and oxygen atoms in total. The molecule has 0 saturated heterocycles. The molecule has 1 aromatic rings.